The average molecular weight is 482 g/mol. The number of carbonyl (C=O) groups is 2. The molecule has 0 atom stereocenters. The molecule has 182 valence electrons. The van der Waals surface area contributed by atoms with Gasteiger partial charge in [0.15, 0.2) is 28.4 Å². The number of aromatic amines is 1. The number of H-pyrrole nitrogens is 1. The maximum atomic E-state index is 11.9. The fourth-order valence-electron chi connectivity index (χ4n) is 3.41. The minimum atomic E-state index is -0.606. The topological polar surface area (TPSA) is 134 Å². The van der Waals surface area contributed by atoms with E-state index in [0.717, 1.165) is 5.69 Å². The SMILES string of the molecule is COC(=O)/C=C(\C)Nc1cccc2c1OCO2.COC(=O)c1cc(=O)c2ccc3c(c2[nH]1)OCO3. The number of nitrogens with one attached hydrogen (secondary N) is 2. The van der Waals surface area contributed by atoms with Gasteiger partial charge in [0.1, 0.15) is 5.69 Å². The number of hydrogen-bond donors (Lipinski definition) is 2. The Hall–Kier alpha value is -4.67. The van der Waals surface area contributed by atoms with E-state index < -0.39 is 11.9 Å². The number of hydrogen-bond acceptors (Lipinski definition) is 10. The van der Waals surface area contributed by atoms with E-state index in [1.807, 2.05) is 18.2 Å². The Morgan fingerprint density at radius 2 is 1.69 bits per heavy atom. The van der Waals surface area contributed by atoms with Crippen molar-refractivity contribution < 1.29 is 38.0 Å². The number of pyridine rings is 1. The Bertz CT molecular complexity index is 1380. The van der Waals surface area contributed by atoms with Crippen molar-refractivity contribution in [3.63, 3.8) is 0 Å². The summed E-state index contributed by atoms with van der Waals surface area (Å²) in [6, 6.07) is 10.0. The molecule has 2 aliphatic rings. The summed E-state index contributed by atoms with van der Waals surface area (Å²) in [4.78, 5) is 37.2. The molecule has 0 unspecified atom stereocenters. The molecule has 2 aliphatic heterocycles. The fourth-order valence-corrected chi connectivity index (χ4v) is 3.41. The Morgan fingerprint density at radius 3 is 2.40 bits per heavy atom. The second kappa shape index (κ2) is 10.1. The van der Waals surface area contributed by atoms with Crippen molar-refractivity contribution in [2.75, 3.05) is 33.1 Å². The number of allylic oxidation sites excluding steroid dienone is 1. The summed E-state index contributed by atoms with van der Waals surface area (Å²) in [5.41, 5.74) is 1.68. The van der Waals surface area contributed by atoms with E-state index in [0.29, 0.717) is 39.6 Å². The highest BCUT2D eigenvalue weighted by Crippen LogP contribution is 2.39. The van der Waals surface area contributed by atoms with Gasteiger partial charge in [-0.25, -0.2) is 9.59 Å². The molecule has 3 heterocycles. The van der Waals surface area contributed by atoms with Gasteiger partial charge < -0.3 is 38.7 Å². The van der Waals surface area contributed by atoms with Crippen molar-refractivity contribution >= 4 is 28.5 Å². The molecule has 5 rings (SSSR count). The van der Waals surface area contributed by atoms with E-state index in [-0.39, 0.29) is 24.7 Å². The highest BCUT2D eigenvalue weighted by Gasteiger charge is 2.20. The smallest absolute Gasteiger partial charge is 0.354 e. The summed E-state index contributed by atoms with van der Waals surface area (Å²) < 4.78 is 30.2. The molecule has 0 saturated carbocycles. The van der Waals surface area contributed by atoms with Crippen LogP contribution in [0.5, 0.6) is 23.0 Å². The zero-order chi connectivity index (χ0) is 24.9. The lowest BCUT2D eigenvalue weighted by atomic mass is 10.1. The molecule has 0 fully saturated rings. The third kappa shape index (κ3) is 4.98. The zero-order valence-corrected chi connectivity index (χ0v) is 19.1. The average Bonchev–Trinajstić information content (AvgIpc) is 3.54. The molecule has 11 nitrogen and oxygen atoms in total. The van der Waals surface area contributed by atoms with E-state index in [2.05, 4.69) is 19.8 Å². The van der Waals surface area contributed by atoms with Gasteiger partial charge in [-0.2, -0.15) is 0 Å². The summed E-state index contributed by atoms with van der Waals surface area (Å²) in [6.45, 7) is 2.08. The van der Waals surface area contributed by atoms with Crippen LogP contribution in [0.15, 0.2) is 53.0 Å². The molecular weight excluding hydrogens is 460 g/mol. The summed E-state index contributed by atoms with van der Waals surface area (Å²) >= 11 is 0. The molecule has 11 heteroatoms. The van der Waals surface area contributed by atoms with Crippen LogP contribution in [0.25, 0.3) is 10.9 Å². The number of carbonyl (C=O) groups excluding carboxylic acids is 2. The summed E-state index contributed by atoms with van der Waals surface area (Å²) in [5.74, 6) is 1.33. The molecule has 1 aromatic heterocycles. The first-order chi connectivity index (χ1) is 16.9. The third-order valence-corrected chi connectivity index (χ3v) is 5.01. The predicted octanol–water partition coefficient (Wildman–Crippen LogP) is 2.95. The first-order valence-corrected chi connectivity index (χ1v) is 10.4. The van der Waals surface area contributed by atoms with E-state index in [9.17, 15) is 14.4 Å². The van der Waals surface area contributed by atoms with Gasteiger partial charge in [0.2, 0.25) is 13.6 Å². The lowest BCUT2D eigenvalue weighted by Crippen LogP contribution is -2.11. The maximum Gasteiger partial charge on any atom is 0.354 e. The Balaban J connectivity index is 0.000000165. The van der Waals surface area contributed by atoms with Gasteiger partial charge in [0.05, 0.1) is 25.4 Å². The molecule has 2 aromatic carbocycles. The molecular formula is C24H22N2O9. The van der Waals surface area contributed by atoms with Crippen LogP contribution in [0.2, 0.25) is 0 Å². The van der Waals surface area contributed by atoms with Gasteiger partial charge in [0.25, 0.3) is 0 Å². The number of anilines is 1. The van der Waals surface area contributed by atoms with Gasteiger partial charge in [-0.3, -0.25) is 4.79 Å². The number of esters is 2. The predicted molar refractivity (Wildman–Crippen MR) is 124 cm³/mol. The number of para-hydroxylation sites is 1. The zero-order valence-electron chi connectivity index (χ0n) is 19.1. The molecule has 0 aliphatic carbocycles. The second-order valence-electron chi connectivity index (χ2n) is 7.28. The fraction of sp³-hybridized carbons (Fsp3) is 0.208. The van der Waals surface area contributed by atoms with Gasteiger partial charge in [0, 0.05) is 23.2 Å². The highest BCUT2D eigenvalue weighted by molar-refractivity contribution is 5.93. The second-order valence-corrected chi connectivity index (χ2v) is 7.28. The van der Waals surface area contributed by atoms with Gasteiger partial charge in [-0.1, -0.05) is 6.07 Å². The van der Waals surface area contributed by atoms with Crippen LogP contribution in [0, 0.1) is 0 Å². The number of aromatic nitrogens is 1. The summed E-state index contributed by atoms with van der Waals surface area (Å²) in [6.07, 6.45) is 1.37. The van der Waals surface area contributed by atoms with Crippen LogP contribution in [0.1, 0.15) is 17.4 Å². The molecule has 3 aromatic rings. The standard InChI is InChI=1S/C12H9NO5.C12H13NO4/c1-16-12(15)7-4-8(14)6-2-3-9-11(10(6)13-7)18-5-17-9;1-8(6-11(14)15-2)13-9-4-3-5-10-12(9)17-7-16-10/h2-4H,5H2,1H3,(H,13,14);3-6,13H,7H2,1-2H3/b;8-6+. The van der Waals surface area contributed by atoms with Crippen molar-refractivity contribution in [3.8, 4) is 23.0 Å². The molecule has 0 bridgehead atoms. The highest BCUT2D eigenvalue weighted by atomic mass is 16.7. The Labute approximate surface area is 199 Å². The minimum absolute atomic E-state index is 0.0823. The van der Waals surface area contributed by atoms with Gasteiger partial charge in [-0.05, 0) is 31.2 Å². The van der Waals surface area contributed by atoms with Crippen LogP contribution in [0.4, 0.5) is 5.69 Å². The quantitative estimate of drug-likeness (QED) is 0.422. The molecule has 0 spiro atoms. The van der Waals surface area contributed by atoms with Crippen LogP contribution in [-0.2, 0) is 14.3 Å². The van der Waals surface area contributed by atoms with Crippen LogP contribution < -0.4 is 29.7 Å². The van der Waals surface area contributed by atoms with Crippen molar-refractivity contribution in [1.82, 2.24) is 4.98 Å². The minimum Gasteiger partial charge on any atom is -0.466 e. The number of rotatable bonds is 4. The normalized spacial score (nSPS) is 13.1. The van der Waals surface area contributed by atoms with Crippen molar-refractivity contribution in [1.29, 1.82) is 0 Å². The van der Waals surface area contributed by atoms with Crippen molar-refractivity contribution in [3.05, 3.63) is 64.1 Å². The van der Waals surface area contributed by atoms with Crippen LogP contribution in [0.3, 0.4) is 0 Å². The van der Waals surface area contributed by atoms with Gasteiger partial charge in [-0.15, -0.1) is 0 Å². The van der Waals surface area contributed by atoms with Gasteiger partial charge >= 0.3 is 11.9 Å². The van der Waals surface area contributed by atoms with Crippen molar-refractivity contribution in [2.45, 2.75) is 6.92 Å². The summed E-state index contributed by atoms with van der Waals surface area (Å²) in [5, 5.41) is 3.50. The summed E-state index contributed by atoms with van der Waals surface area (Å²) in [7, 11) is 2.59. The Morgan fingerprint density at radius 1 is 0.971 bits per heavy atom. The lowest BCUT2D eigenvalue weighted by molar-refractivity contribution is -0.134. The molecule has 0 radical (unpaired) electrons. The first-order valence-electron chi connectivity index (χ1n) is 10.4. The van der Waals surface area contributed by atoms with Crippen molar-refractivity contribution in [2.24, 2.45) is 0 Å². The molecule has 0 saturated heterocycles. The number of ether oxygens (including phenoxy) is 6. The molecule has 2 N–H and O–H groups in total. The lowest BCUT2D eigenvalue weighted by Gasteiger charge is -2.08. The van der Waals surface area contributed by atoms with E-state index in [1.165, 1.54) is 26.4 Å². The van der Waals surface area contributed by atoms with Crippen LogP contribution >= 0.6 is 0 Å². The largest absolute Gasteiger partial charge is 0.466 e. The van der Waals surface area contributed by atoms with E-state index in [4.69, 9.17) is 18.9 Å². The van der Waals surface area contributed by atoms with E-state index >= 15 is 0 Å². The number of fused-ring (bicyclic) bond motifs is 4. The monoisotopic (exact) mass is 482 g/mol. The van der Waals surface area contributed by atoms with E-state index in [1.54, 1.807) is 19.1 Å². The Kier molecular flexibility index (Phi) is 6.76. The van der Waals surface area contributed by atoms with Crippen LogP contribution in [-0.4, -0.2) is 44.7 Å². The first kappa shape index (κ1) is 23.5. The number of methoxy groups -OCH3 is 2. The maximum absolute atomic E-state index is 11.9. The number of benzene rings is 2. The third-order valence-electron chi connectivity index (χ3n) is 5.01. The molecule has 35 heavy (non-hydrogen) atoms. The molecule has 0 amide bonds.